The molecule has 5 heteroatoms. The van der Waals surface area contributed by atoms with Gasteiger partial charge in [-0.2, -0.15) is 12.6 Å². The highest BCUT2D eigenvalue weighted by Gasteiger charge is 2.07. The van der Waals surface area contributed by atoms with E-state index in [1.165, 1.54) is 18.3 Å². The molecule has 0 unspecified atom stereocenters. The molecule has 1 aromatic carbocycles. The van der Waals surface area contributed by atoms with Crippen LogP contribution < -0.4 is 5.32 Å². The van der Waals surface area contributed by atoms with E-state index in [9.17, 15) is 9.18 Å². The largest absolute Gasteiger partial charge is 0.351 e. The van der Waals surface area contributed by atoms with Gasteiger partial charge in [0.15, 0.2) is 0 Å². The number of nitrogens with zero attached hydrogens (tertiary/aromatic N) is 1. The van der Waals surface area contributed by atoms with Crippen molar-refractivity contribution in [1.82, 2.24) is 10.3 Å². The van der Waals surface area contributed by atoms with Gasteiger partial charge in [0.1, 0.15) is 5.82 Å². The predicted octanol–water partition coefficient (Wildman–Crippen LogP) is 2.55. The maximum Gasteiger partial charge on any atom is 0.252 e. The molecule has 0 bridgehead atoms. The SMILES string of the molecule is O=C(NCCS)c1cncc(-c2ccc(F)cc2)c1. The molecule has 0 aliphatic rings. The van der Waals surface area contributed by atoms with Crippen LogP contribution in [0.5, 0.6) is 0 Å². The van der Waals surface area contributed by atoms with Crippen molar-refractivity contribution in [3.63, 3.8) is 0 Å². The van der Waals surface area contributed by atoms with E-state index in [-0.39, 0.29) is 11.7 Å². The summed E-state index contributed by atoms with van der Waals surface area (Å²) in [5.41, 5.74) is 2.07. The van der Waals surface area contributed by atoms with Crippen molar-refractivity contribution >= 4 is 18.5 Å². The van der Waals surface area contributed by atoms with Crippen LogP contribution >= 0.6 is 12.6 Å². The van der Waals surface area contributed by atoms with Gasteiger partial charge in [0.2, 0.25) is 0 Å². The van der Waals surface area contributed by atoms with Gasteiger partial charge in [-0.1, -0.05) is 12.1 Å². The normalized spacial score (nSPS) is 10.2. The number of benzene rings is 1. The fourth-order valence-corrected chi connectivity index (χ4v) is 1.75. The minimum atomic E-state index is -0.292. The third kappa shape index (κ3) is 3.54. The van der Waals surface area contributed by atoms with Crippen molar-refractivity contribution in [3.8, 4) is 11.1 Å². The topological polar surface area (TPSA) is 42.0 Å². The minimum absolute atomic E-state index is 0.189. The Morgan fingerprint density at radius 3 is 2.63 bits per heavy atom. The summed E-state index contributed by atoms with van der Waals surface area (Å²) >= 11 is 4.03. The zero-order valence-corrected chi connectivity index (χ0v) is 11.0. The lowest BCUT2D eigenvalue weighted by atomic mass is 10.1. The Morgan fingerprint density at radius 2 is 1.95 bits per heavy atom. The summed E-state index contributed by atoms with van der Waals surface area (Å²) in [7, 11) is 0. The van der Waals surface area contributed by atoms with Gasteiger partial charge >= 0.3 is 0 Å². The summed E-state index contributed by atoms with van der Waals surface area (Å²) < 4.78 is 12.9. The van der Waals surface area contributed by atoms with Crippen molar-refractivity contribution in [2.75, 3.05) is 12.3 Å². The lowest BCUT2D eigenvalue weighted by molar-refractivity contribution is 0.0956. The summed E-state index contributed by atoms with van der Waals surface area (Å²) in [6.07, 6.45) is 3.14. The number of hydrogen-bond acceptors (Lipinski definition) is 3. The van der Waals surface area contributed by atoms with Crippen molar-refractivity contribution < 1.29 is 9.18 Å². The average Bonchev–Trinajstić information content (AvgIpc) is 2.45. The number of hydrogen-bond donors (Lipinski definition) is 2. The average molecular weight is 276 g/mol. The number of amides is 1. The molecule has 0 saturated carbocycles. The maximum absolute atomic E-state index is 12.9. The van der Waals surface area contributed by atoms with Crippen molar-refractivity contribution in [3.05, 3.63) is 54.1 Å². The molecule has 0 aliphatic heterocycles. The van der Waals surface area contributed by atoms with E-state index in [2.05, 4.69) is 22.9 Å². The fourth-order valence-electron chi connectivity index (χ4n) is 1.64. The molecule has 0 spiro atoms. The van der Waals surface area contributed by atoms with E-state index >= 15 is 0 Å². The van der Waals surface area contributed by atoms with Gasteiger partial charge in [-0.25, -0.2) is 4.39 Å². The number of thiol groups is 1. The summed E-state index contributed by atoms with van der Waals surface area (Å²) in [4.78, 5) is 15.8. The molecule has 0 radical (unpaired) electrons. The molecule has 98 valence electrons. The van der Waals surface area contributed by atoms with Crippen LogP contribution in [0.2, 0.25) is 0 Å². The van der Waals surface area contributed by atoms with Crippen molar-refractivity contribution in [1.29, 1.82) is 0 Å². The first-order valence-electron chi connectivity index (χ1n) is 5.81. The van der Waals surface area contributed by atoms with E-state index < -0.39 is 0 Å². The Balaban J connectivity index is 2.24. The standard InChI is InChI=1S/C14H13FN2OS/c15-13-3-1-10(2-4-13)11-7-12(9-16-8-11)14(18)17-5-6-19/h1-4,7-9,19H,5-6H2,(H,17,18). The molecule has 19 heavy (non-hydrogen) atoms. The number of nitrogens with one attached hydrogen (secondary N) is 1. The Bertz CT molecular complexity index is 572. The van der Waals surface area contributed by atoms with Crippen LogP contribution in [0.4, 0.5) is 4.39 Å². The zero-order chi connectivity index (χ0) is 13.7. The lowest BCUT2D eigenvalue weighted by Crippen LogP contribution is -2.25. The van der Waals surface area contributed by atoms with Gasteiger partial charge in [0.05, 0.1) is 5.56 Å². The molecule has 0 fully saturated rings. The summed E-state index contributed by atoms with van der Waals surface area (Å²) in [6.45, 7) is 0.503. The second kappa shape index (κ2) is 6.33. The monoisotopic (exact) mass is 276 g/mol. The predicted molar refractivity (Wildman–Crippen MR) is 75.8 cm³/mol. The van der Waals surface area contributed by atoms with Crippen molar-refractivity contribution in [2.24, 2.45) is 0 Å². The van der Waals surface area contributed by atoms with Crippen LogP contribution in [0.25, 0.3) is 11.1 Å². The highest BCUT2D eigenvalue weighted by atomic mass is 32.1. The third-order valence-electron chi connectivity index (χ3n) is 2.58. The first kappa shape index (κ1) is 13.5. The number of carbonyl (C=O) groups is 1. The maximum atomic E-state index is 12.9. The number of rotatable bonds is 4. The highest BCUT2D eigenvalue weighted by Crippen LogP contribution is 2.19. The zero-order valence-electron chi connectivity index (χ0n) is 10.1. The first-order valence-corrected chi connectivity index (χ1v) is 6.44. The van der Waals surface area contributed by atoms with E-state index in [0.717, 1.165) is 11.1 Å². The molecule has 1 aromatic heterocycles. The van der Waals surface area contributed by atoms with Crippen LogP contribution in [-0.2, 0) is 0 Å². The van der Waals surface area contributed by atoms with Gasteiger partial charge in [0, 0.05) is 30.3 Å². The molecule has 2 aromatic rings. The second-order valence-corrected chi connectivity index (χ2v) is 4.40. The minimum Gasteiger partial charge on any atom is -0.351 e. The third-order valence-corrected chi connectivity index (χ3v) is 2.80. The van der Waals surface area contributed by atoms with Crippen LogP contribution in [0.15, 0.2) is 42.7 Å². The number of halogens is 1. The number of pyridine rings is 1. The van der Waals surface area contributed by atoms with Crippen molar-refractivity contribution in [2.45, 2.75) is 0 Å². The summed E-state index contributed by atoms with van der Waals surface area (Å²) in [5.74, 6) is 0.0986. The molecule has 0 atom stereocenters. The molecule has 1 amide bonds. The molecule has 2 rings (SSSR count). The highest BCUT2D eigenvalue weighted by molar-refractivity contribution is 7.80. The van der Waals surface area contributed by atoms with E-state index in [4.69, 9.17) is 0 Å². The molecule has 3 nitrogen and oxygen atoms in total. The molecule has 1 heterocycles. The molecule has 0 aliphatic carbocycles. The molecular weight excluding hydrogens is 263 g/mol. The smallest absolute Gasteiger partial charge is 0.252 e. The van der Waals surface area contributed by atoms with Gasteiger partial charge in [0.25, 0.3) is 5.91 Å². The number of aromatic nitrogens is 1. The Labute approximate surface area is 116 Å². The van der Waals surface area contributed by atoms with Gasteiger partial charge in [-0.3, -0.25) is 9.78 Å². The van der Waals surface area contributed by atoms with E-state index in [0.29, 0.717) is 17.9 Å². The van der Waals surface area contributed by atoms with Crippen LogP contribution in [0.1, 0.15) is 10.4 Å². The van der Waals surface area contributed by atoms with E-state index in [1.54, 1.807) is 24.4 Å². The summed E-state index contributed by atoms with van der Waals surface area (Å²) in [6, 6.07) is 7.80. The fraction of sp³-hybridized carbons (Fsp3) is 0.143. The Morgan fingerprint density at radius 1 is 1.21 bits per heavy atom. The molecule has 1 N–H and O–H groups in total. The van der Waals surface area contributed by atoms with Crippen LogP contribution in [0.3, 0.4) is 0 Å². The van der Waals surface area contributed by atoms with Crippen LogP contribution in [0, 0.1) is 5.82 Å². The van der Waals surface area contributed by atoms with Crippen LogP contribution in [-0.4, -0.2) is 23.2 Å². The van der Waals surface area contributed by atoms with Gasteiger partial charge in [-0.15, -0.1) is 0 Å². The second-order valence-electron chi connectivity index (χ2n) is 3.95. The lowest BCUT2D eigenvalue weighted by Gasteiger charge is -2.05. The van der Waals surface area contributed by atoms with Gasteiger partial charge < -0.3 is 5.32 Å². The van der Waals surface area contributed by atoms with E-state index in [1.807, 2.05) is 0 Å². The summed E-state index contributed by atoms with van der Waals surface area (Å²) in [5, 5.41) is 2.72. The quantitative estimate of drug-likeness (QED) is 0.843. The number of carbonyl (C=O) groups excluding carboxylic acids is 1. The molecule has 0 saturated heterocycles. The Kier molecular flexibility index (Phi) is 4.52. The molecular formula is C14H13FN2OS. The van der Waals surface area contributed by atoms with Gasteiger partial charge in [-0.05, 0) is 23.8 Å². The first-order chi connectivity index (χ1) is 9.20. The Hall–Kier alpha value is -1.88.